The molecule has 2 aromatic rings. The van der Waals surface area contributed by atoms with Crippen LogP contribution in [0.2, 0.25) is 0 Å². The molecule has 4 heteroatoms. The maximum Gasteiger partial charge on any atom is 0.256 e. The van der Waals surface area contributed by atoms with Crippen LogP contribution < -0.4 is 10.1 Å². The molecular formula is C16H17NO3. The van der Waals surface area contributed by atoms with Gasteiger partial charge in [-0.15, -0.1) is 0 Å². The third kappa shape index (κ3) is 2.74. The monoisotopic (exact) mass is 271 g/mol. The Hall–Kier alpha value is -2.49. The van der Waals surface area contributed by atoms with Crippen molar-refractivity contribution >= 4 is 11.6 Å². The Morgan fingerprint density at radius 2 is 1.95 bits per heavy atom. The van der Waals surface area contributed by atoms with Gasteiger partial charge in [-0.2, -0.15) is 0 Å². The fourth-order valence-corrected chi connectivity index (χ4v) is 2.02. The summed E-state index contributed by atoms with van der Waals surface area (Å²) in [5.74, 6) is 0.642. The summed E-state index contributed by atoms with van der Waals surface area (Å²) in [5.41, 5.74) is 2.66. The highest BCUT2D eigenvalue weighted by atomic mass is 16.5. The first-order valence-corrected chi connectivity index (χ1v) is 6.27. The minimum Gasteiger partial charge on any atom is -0.508 e. The molecule has 0 aliphatic rings. The molecule has 0 unspecified atom stereocenters. The van der Waals surface area contributed by atoms with E-state index in [9.17, 15) is 9.90 Å². The summed E-state index contributed by atoms with van der Waals surface area (Å²) in [6.45, 7) is 3.62. The average molecular weight is 271 g/mol. The molecule has 0 aliphatic heterocycles. The second-order valence-electron chi connectivity index (χ2n) is 4.59. The number of carbonyl (C=O) groups is 1. The highest BCUT2D eigenvalue weighted by Gasteiger charge is 2.12. The summed E-state index contributed by atoms with van der Waals surface area (Å²) < 4.78 is 5.18. The zero-order valence-corrected chi connectivity index (χ0v) is 11.7. The highest BCUT2D eigenvalue weighted by molar-refractivity contribution is 6.05. The quantitative estimate of drug-likeness (QED) is 0.900. The van der Waals surface area contributed by atoms with Gasteiger partial charge in [0.2, 0.25) is 0 Å². The molecule has 0 fully saturated rings. The van der Waals surface area contributed by atoms with Crippen LogP contribution in [0.3, 0.4) is 0 Å². The summed E-state index contributed by atoms with van der Waals surface area (Å²) in [7, 11) is 1.61. The number of aromatic hydroxyl groups is 1. The van der Waals surface area contributed by atoms with E-state index in [0.29, 0.717) is 16.8 Å². The number of methoxy groups -OCH3 is 1. The van der Waals surface area contributed by atoms with Crippen LogP contribution in [0.15, 0.2) is 36.4 Å². The number of amides is 1. The van der Waals surface area contributed by atoms with E-state index in [-0.39, 0.29) is 11.7 Å². The maximum atomic E-state index is 12.2. The summed E-state index contributed by atoms with van der Waals surface area (Å²) >= 11 is 0. The van der Waals surface area contributed by atoms with Gasteiger partial charge in [-0.05, 0) is 49.7 Å². The highest BCUT2D eigenvalue weighted by Crippen LogP contribution is 2.23. The normalized spacial score (nSPS) is 10.2. The summed E-state index contributed by atoms with van der Waals surface area (Å²) in [6.07, 6.45) is 0. The van der Waals surface area contributed by atoms with Crippen molar-refractivity contribution in [1.82, 2.24) is 0 Å². The van der Waals surface area contributed by atoms with E-state index in [1.165, 1.54) is 0 Å². The molecule has 0 aromatic heterocycles. The summed E-state index contributed by atoms with van der Waals surface area (Å²) in [5, 5.41) is 12.4. The Balaban J connectivity index is 2.24. The number of hydrogen-bond donors (Lipinski definition) is 2. The molecule has 20 heavy (non-hydrogen) atoms. The lowest BCUT2D eigenvalue weighted by Crippen LogP contribution is -2.13. The van der Waals surface area contributed by atoms with E-state index < -0.39 is 0 Å². The second-order valence-corrected chi connectivity index (χ2v) is 4.59. The van der Waals surface area contributed by atoms with Crippen LogP contribution in [-0.4, -0.2) is 18.1 Å². The Morgan fingerprint density at radius 1 is 1.20 bits per heavy atom. The summed E-state index contributed by atoms with van der Waals surface area (Å²) in [6, 6.07) is 10.3. The van der Waals surface area contributed by atoms with Crippen molar-refractivity contribution in [3.63, 3.8) is 0 Å². The predicted octanol–water partition coefficient (Wildman–Crippen LogP) is 3.27. The standard InChI is InChI=1S/C16H17NO3/c1-10-9-12(7-8-15(10)20-3)17-16(19)13-5-4-6-14(18)11(13)2/h4-9,18H,1-3H3,(H,17,19). The lowest BCUT2D eigenvalue weighted by Gasteiger charge is -2.11. The van der Waals surface area contributed by atoms with Crippen LogP contribution in [0.4, 0.5) is 5.69 Å². The molecule has 2 rings (SSSR count). The molecule has 0 heterocycles. The van der Waals surface area contributed by atoms with Gasteiger partial charge < -0.3 is 15.2 Å². The zero-order chi connectivity index (χ0) is 14.7. The fourth-order valence-electron chi connectivity index (χ4n) is 2.02. The Labute approximate surface area is 118 Å². The number of carbonyl (C=O) groups excluding carboxylic acids is 1. The van der Waals surface area contributed by atoms with Gasteiger partial charge in [0, 0.05) is 16.8 Å². The van der Waals surface area contributed by atoms with Crippen LogP contribution >= 0.6 is 0 Å². The van der Waals surface area contributed by atoms with Crippen LogP contribution in [-0.2, 0) is 0 Å². The van der Waals surface area contributed by atoms with Crippen molar-refractivity contribution in [2.24, 2.45) is 0 Å². The third-order valence-electron chi connectivity index (χ3n) is 3.20. The largest absolute Gasteiger partial charge is 0.508 e. The SMILES string of the molecule is COc1ccc(NC(=O)c2cccc(O)c2C)cc1C. The lowest BCUT2D eigenvalue weighted by molar-refractivity contribution is 0.102. The molecule has 0 saturated carbocycles. The first-order chi connectivity index (χ1) is 9.52. The van der Waals surface area contributed by atoms with E-state index in [2.05, 4.69) is 5.32 Å². The van der Waals surface area contributed by atoms with Gasteiger partial charge in [0.1, 0.15) is 11.5 Å². The van der Waals surface area contributed by atoms with Gasteiger partial charge in [-0.1, -0.05) is 6.07 Å². The smallest absolute Gasteiger partial charge is 0.256 e. The number of nitrogens with one attached hydrogen (secondary N) is 1. The van der Waals surface area contributed by atoms with Crippen LogP contribution in [0.1, 0.15) is 21.5 Å². The van der Waals surface area contributed by atoms with Gasteiger partial charge in [0.25, 0.3) is 5.91 Å². The fraction of sp³-hybridized carbons (Fsp3) is 0.188. The van der Waals surface area contributed by atoms with Crippen LogP contribution in [0.25, 0.3) is 0 Å². The number of ether oxygens (including phenoxy) is 1. The van der Waals surface area contributed by atoms with Crippen molar-refractivity contribution in [3.8, 4) is 11.5 Å². The Bertz CT molecular complexity index is 650. The van der Waals surface area contributed by atoms with Crippen molar-refractivity contribution in [2.45, 2.75) is 13.8 Å². The topological polar surface area (TPSA) is 58.6 Å². The van der Waals surface area contributed by atoms with Crippen LogP contribution in [0.5, 0.6) is 11.5 Å². The zero-order valence-electron chi connectivity index (χ0n) is 11.7. The molecule has 0 bridgehead atoms. The Morgan fingerprint density at radius 3 is 2.60 bits per heavy atom. The minimum absolute atomic E-state index is 0.114. The second kappa shape index (κ2) is 5.65. The van der Waals surface area contributed by atoms with Gasteiger partial charge in [0.15, 0.2) is 0 Å². The average Bonchev–Trinajstić information content (AvgIpc) is 2.42. The van der Waals surface area contributed by atoms with Crippen molar-refractivity contribution in [1.29, 1.82) is 0 Å². The maximum absolute atomic E-state index is 12.2. The minimum atomic E-state index is -0.247. The number of benzene rings is 2. The Kier molecular flexibility index (Phi) is 3.94. The van der Waals surface area contributed by atoms with Crippen molar-refractivity contribution in [2.75, 3.05) is 12.4 Å². The number of aryl methyl sites for hydroxylation is 1. The molecule has 2 N–H and O–H groups in total. The first-order valence-electron chi connectivity index (χ1n) is 6.27. The van der Waals surface area contributed by atoms with E-state index in [0.717, 1.165) is 11.3 Å². The van der Waals surface area contributed by atoms with Crippen LogP contribution in [0, 0.1) is 13.8 Å². The molecule has 0 atom stereocenters. The van der Waals surface area contributed by atoms with Gasteiger partial charge >= 0.3 is 0 Å². The number of rotatable bonds is 3. The van der Waals surface area contributed by atoms with Gasteiger partial charge in [-0.25, -0.2) is 0 Å². The molecular weight excluding hydrogens is 254 g/mol. The number of phenols is 1. The lowest BCUT2D eigenvalue weighted by atomic mass is 10.1. The number of phenolic OH excluding ortho intramolecular Hbond substituents is 1. The number of anilines is 1. The van der Waals surface area contributed by atoms with E-state index in [4.69, 9.17) is 4.74 Å². The van der Waals surface area contributed by atoms with Crippen molar-refractivity contribution in [3.05, 3.63) is 53.1 Å². The van der Waals surface area contributed by atoms with E-state index in [1.54, 1.807) is 44.4 Å². The summed E-state index contributed by atoms with van der Waals surface area (Å²) in [4.78, 5) is 12.2. The van der Waals surface area contributed by atoms with E-state index in [1.807, 2.05) is 13.0 Å². The molecule has 0 spiro atoms. The molecule has 0 aliphatic carbocycles. The molecule has 2 aromatic carbocycles. The first kappa shape index (κ1) is 13.9. The van der Waals surface area contributed by atoms with E-state index >= 15 is 0 Å². The molecule has 0 radical (unpaired) electrons. The molecule has 1 amide bonds. The third-order valence-corrected chi connectivity index (χ3v) is 3.20. The number of hydrogen-bond acceptors (Lipinski definition) is 3. The predicted molar refractivity (Wildman–Crippen MR) is 78.5 cm³/mol. The molecule has 4 nitrogen and oxygen atoms in total. The van der Waals surface area contributed by atoms with Gasteiger partial charge in [0.05, 0.1) is 7.11 Å². The molecule has 104 valence electrons. The molecule has 0 saturated heterocycles. The van der Waals surface area contributed by atoms with Gasteiger partial charge in [-0.3, -0.25) is 4.79 Å². The van der Waals surface area contributed by atoms with Crippen molar-refractivity contribution < 1.29 is 14.6 Å².